The molecule has 0 fully saturated rings. The molecule has 0 spiro atoms. The summed E-state index contributed by atoms with van der Waals surface area (Å²) >= 11 is 0. The zero-order chi connectivity index (χ0) is 9.14. The van der Waals surface area contributed by atoms with Crippen molar-refractivity contribution in [3.05, 3.63) is 35.4 Å². The number of hydrogen-bond donors (Lipinski definition) is 0. The third-order valence-corrected chi connectivity index (χ3v) is 1.36. The Labute approximate surface area is 153 Å². The topological polar surface area (TPSA) is 80.3 Å². The zero-order valence-corrected chi connectivity index (χ0v) is 14.9. The van der Waals surface area contributed by atoms with Crippen LogP contribution < -0.4 is 98.9 Å². The number of carbonyl (C=O) groups excluding carboxylic acids is 2. The van der Waals surface area contributed by atoms with Crippen LogP contribution in [0.3, 0.4) is 0 Å². The van der Waals surface area contributed by atoms with Gasteiger partial charge < -0.3 is 19.8 Å². The summed E-state index contributed by atoms with van der Waals surface area (Å²) < 4.78 is 0. The van der Waals surface area contributed by atoms with E-state index in [-0.39, 0.29) is 99.8 Å². The molecule has 1 rings (SSSR count). The van der Waals surface area contributed by atoms with Crippen LogP contribution >= 0.6 is 0 Å². The first-order valence-corrected chi connectivity index (χ1v) is 3.14. The molecule has 0 radical (unpaired) electrons. The Morgan fingerprint density at radius 2 is 0.933 bits per heavy atom. The summed E-state index contributed by atoms with van der Waals surface area (Å²) in [5, 5.41) is 20.4. The van der Waals surface area contributed by atoms with Gasteiger partial charge in [-0.1, -0.05) is 24.3 Å². The molecule has 0 saturated carbocycles. The zero-order valence-electron chi connectivity index (χ0n) is 8.94. The number of carboxylic acid groups (broad SMARTS) is 2. The van der Waals surface area contributed by atoms with E-state index in [0.29, 0.717) is 0 Å². The number of carbonyl (C=O) groups is 2. The van der Waals surface area contributed by atoms with Gasteiger partial charge in [0.2, 0.25) is 0 Å². The SMILES string of the molecule is O=C([O-])c1ccc(C(=O)[O-])cc1.[Na+].[Na+].[Na+]. The van der Waals surface area contributed by atoms with Gasteiger partial charge in [0.15, 0.2) is 0 Å². The maximum absolute atomic E-state index is 10.2. The van der Waals surface area contributed by atoms with Crippen LogP contribution in [0.25, 0.3) is 0 Å². The number of benzene rings is 1. The number of hydrogen-bond acceptors (Lipinski definition) is 4. The van der Waals surface area contributed by atoms with Gasteiger partial charge >= 0.3 is 88.7 Å². The van der Waals surface area contributed by atoms with Gasteiger partial charge in [0, 0.05) is 0 Å². The molecule has 0 amide bonds. The van der Waals surface area contributed by atoms with E-state index >= 15 is 0 Å². The average Bonchev–Trinajstić information content (AvgIpc) is 2.04. The summed E-state index contributed by atoms with van der Waals surface area (Å²) in [4.78, 5) is 20.4. The normalized spacial score (nSPS) is 7.47. The molecule has 0 bridgehead atoms. The molecule has 1 aromatic carbocycles. The van der Waals surface area contributed by atoms with Crippen LogP contribution in [0, 0.1) is 0 Å². The third-order valence-electron chi connectivity index (χ3n) is 1.36. The fraction of sp³-hybridized carbons (Fsp3) is 0. The van der Waals surface area contributed by atoms with Gasteiger partial charge in [0.1, 0.15) is 0 Å². The van der Waals surface area contributed by atoms with Crippen LogP contribution in [0.1, 0.15) is 20.7 Å². The van der Waals surface area contributed by atoms with E-state index in [1.54, 1.807) is 0 Å². The summed E-state index contributed by atoms with van der Waals surface area (Å²) in [6.07, 6.45) is 0. The molecular formula is C8H4Na3O4+. The van der Waals surface area contributed by atoms with E-state index in [1.807, 2.05) is 0 Å². The van der Waals surface area contributed by atoms with Gasteiger partial charge in [-0.3, -0.25) is 0 Å². The third kappa shape index (κ3) is 7.15. The summed E-state index contributed by atoms with van der Waals surface area (Å²) in [5.74, 6) is -2.67. The monoisotopic (exact) mass is 233 g/mol. The molecular weight excluding hydrogens is 229 g/mol. The molecule has 0 atom stereocenters. The van der Waals surface area contributed by atoms with Crippen molar-refractivity contribution in [2.75, 3.05) is 0 Å². The Hall–Kier alpha value is 1.16. The van der Waals surface area contributed by atoms with E-state index < -0.39 is 11.9 Å². The van der Waals surface area contributed by atoms with E-state index in [4.69, 9.17) is 0 Å². The summed E-state index contributed by atoms with van der Waals surface area (Å²) in [5.41, 5.74) is -0.111. The van der Waals surface area contributed by atoms with Crippen molar-refractivity contribution < 1.29 is 108 Å². The largest absolute Gasteiger partial charge is 1.00 e. The van der Waals surface area contributed by atoms with Gasteiger partial charge in [-0.15, -0.1) is 0 Å². The van der Waals surface area contributed by atoms with Crippen LogP contribution in [0.2, 0.25) is 0 Å². The molecule has 0 aliphatic carbocycles. The molecule has 0 saturated heterocycles. The smallest absolute Gasteiger partial charge is 0.545 e. The Kier molecular flexibility index (Phi) is 14.8. The fourth-order valence-corrected chi connectivity index (χ4v) is 0.742. The molecule has 62 valence electrons. The van der Waals surface area contributed by atoms with E-state index in [9.17, 15) is 19.8 Å². The first-order chi connectivity index (χ1) is 5.61. The van der Waals surface area contributed by atoms with Gasteiger partial charge in [0.05, 0.1) is 11.9 Å². The number of carboxylic acids is 2. The maximum Gasteiger partial charge on any atom is 1.00 e. The van der Waals surface area contributed by atoms with Gasteiger partial charge in [-0.2, -0.15) is 0 Å². The van der Waals surface area contributed by atoms with Crippen molar-refractivity contribution in [2.45, 2.75) is 0 Å². The second-order valence-electron chi connectivity index (χ2n) is 2.15. The summed E-state index contributed by atoms with van der Waals surface area (Å²) in [7, 11) is 0. The van der Waals surface area contributed by atoms with Gasteiger partial charge in [0.25, 0.3) is 0 Å². The Balaban J connectivity index is -0.000000480. The van der Waals surface area contributed by atoms with Crippen molar-refractivity contribution in [3.8, 4) is 0 Å². The molecule has 0 heterocycles. The first-order valence-electron chi connectivity index (χ1n) is 3.14. The quantitative estimate of drug-likeness (QED) is 0.475. The van der Waals surface area contributed by atoms with Crippen LogP contribution in [-0.4, -0.2) is 11.9 Å². The first kappa shape index (κ1) is 21.4. The van der Waals surface area contributed by atoms with E-state index in [2.05, 4.69) is 0 Å². The average molecular weight is 233 g/mol. The van der Waals surface area contributed by atoms with Crippen molar-refractivity contribution in [1.82, 2.24) is 0 Å². The molecule has 7 heteroatoms. The maximum atomic E-state index is 10.2. The molecule has 4 nitrogen and oxygen atoms in total. The molecule has 0 unspecified atom stereocenters. The number of aromatic carboxylic acids is 2. The van der Waals surface area contributed by atoms with E-state index in [0.717, 1.165) is 24.3 Å². The van der Waals surface area contributed by atoms with Crippen molar-refractivity contribution >= 4 is 11.9 Å². The molecule has 0 aliphatic rings. The van der Waals surface area contributed by atoms with Gasteiger partial charge in [-0.05, 0) is 11.1 Å². The second-order valence-corrected chi connectivity index (χ2v) is 2.15. The van der Waals surface area contributed by atoms with Crippen LogP contribution in [0.4, 0.5) is 0 Å². The predicted molar refractivity (Wildman–Crippen MR) is 35.1 cm³/mol. The Morgan fingerprint density at radius 1 is 0.733 bits per heavy atom. The van der Waals surface area contributed by atoms with Crippen molar-refractivity contribution in [2.24, 2.45) is 0 Å². The van der Waals surface area contributed by atoms with Crippen molar-refractivity contribution in [1.29, 1.82) is 0 Å². The fourth-order valence-electron chi connectivity index (χ4n) is 0.742. The minimum absolute atomic E-state index is 0. The Morgan fingerprint density at radius 3 is 1.07 bits per heavy atom. The summed E-state index contributed by atoms with van der Waals surface area (Å²) in [6, 6.07) is 4.61. The second kappa shape index (κ2) is 10.3. The summed E-state index contributed by atoms with van der Waals surface area (Å²) in [6.45, 7) is 0. The molecule has 0 N–H and O–H groups in total. The standard InChI is InChI=1S/C8H6O4.3Na/c9-7(10)5-1-2-6(4-3-5)8(11)12;;;/h1-4H,(H,9,10)(H,11,12);;;/q;3*+1/p-2. The molecule has 1 aromatic rings. The number of rotatable bonds is 2. The Bertz CT molecular complexity index is 290. The predicted octanol–water partition coefficient (Wildman–Crippen LogP) is -10.6. The van der Waals surface area contributed by atoms with Crippen molar-refractivity contribution in [3.63, 3.8) is 0 Å². The molecule has 0 aromatic heterocycles. The van der Waals surface area contributed by atoms with E-state index in [1.165, 1.54) is 0 Å². The van der Waals surface area contributed by atoms with Gasteiger partial charge in [-0.25, -0.2) is 0 Å². The minimum Gasteiger partial charge on any atom is -0.545 e. The minimum atomic E-state index is -1.33. The van der Waals surface area contributed by atoms with Crippen LogP contribution in [0.5, 0.6) is 0 Å². The van der Waals surface area contributed by atoms with Crippen LogP contribution in [0.15, 0.2) is 24.3 Å². The van der Waals surface area contributed by atoms with Crippen LogP contribution in [-0.2, 0) is 0 Å². The molecule has 0 aliphatic heterocycles. The molecule has 15 heavy (non-hydrogen) atoms.